The van der Waals surface area contributed by atoms with Crippen molar-refractivity contribution in [3.63, 3.8) is 0 Å². The lowest BCUT2D eigenvalue weighted by Crippen LogP contribution is -2.43. The zero-order valence-corrected chi connectivity index (χ0v) is 17.9. The number of thioether (sulfide) groups is 1. The summed E-state index contributed by atoms with van der Waals surface area (Å²) in [7, 11) is 0. The molecule has 0 bridgehead atoms. The van der Waals surface area contributed by atoms with Crippen LogP contribution in [-0.2, 0) is 11.8 Å². The predicted molar refractivity (Wildman–Crippen MR) is 120 cm³/mol. The fourth-order valence-corrected chi connectivity index (χ4v) is 5.90. The van der Waals surface area contributed by atoms with E-state index < -0.39 is 0 Å². The van der Waals surface area contributed by atoms with Crippen LogP contribution in [0.25, 0.3) is 16.9 Å². The smallest absolute Gasteiger partial charge is 0.263 e. The number of benzene rings is 2. The van der Waals surface area contributed by atoms with Gasteiger partial charge in [-0.3, -0.25) is 9.36 Å². The van der Waals surface area contributed by atoms with E-state index in [1.807, 2.05) is 29.0 Å². The van der Waals surface area contributed by atoms with E-state index in [1.165, 1.54) is 24.8 Å². The maximum Gasteiger partial charge on any atom is 0.263 e. The van der Waals surface area contributed by atoms with Gasteiger partial charge in [0.15, 0.2) is 5.16 Å². The Morgan fingerprint density at radius 3 is 2.48 bits per heavy atom. The van der Waals surface area contributed by atoms with E-state index >= 15 is 0 Å². The Morgan fingerprint density at radius 2 is 1.72 bits per heavy atom. The maximum atomic E-state index is 14.1. The highest BCUT2D eigenvalue weighted by Crippen LogP contribution is 2.48. The van der Waals surface area contributed by atoms with Crippen molar-refractivity contribution < 1.29 is 0 Å². The molecule has 4 heteroatoms. The molecule has 0 atom stereocenters. The van der Waals surface area contributed by atoms with E-state index in [1.54, 1.807) is 11.8 Å². The van der Waals surface area contributed by atoms with Crippen LogP contribution in [0.1, 0.15) is 48.8 Å². The Morgan fingerprint density at radius 1 is 1.00 bits per heavy atom. The fraction of sp³-hybridized carbons (Fsp3) is 0.360. The Balaban J connectivity index is 1.87. The van der Waals surface area contributed by atoms with E-state index in [-0.39, 0.29) is 11.0 Å². The van der Waals surface area contributed by atoms with Gasteiger partial charge in [-0.05, 0) is 49.6 Å². The quantitative estimate of drug-likeness (QED) is 0.408. The first-order chi connectivity index (χ1) is 14.1. The highest BCUT2D eigenvalue weighted by molar-refractivity contribution is 7.98. The SMILES string of the molecule is CSc1nc2c(c(=O)n1-c1ccccc1C)C1(CCCCC1)Cc1ccccc1-2. The summed E-state index contributed by atoms with van der Waals surface area (Å²) in [4.78, 5) is 19.3. The van der Waals surface area contributed by atoms with Gasteiger partial charge in [0, 0.05) is 11.0 Å². The first-order valence-electron chi connectivity index (χ1n) is 10.5. The van der Waals surface area contributed by atoms with Crippen molar-refractivity contribution in [3.8, 4) is 16.9 Å². The molecule has 1 spiro atoms. The third-order valence-electron chi connectivity index (χ3n) is 6.73. The molecular weight excluding hydrogens is 376 g/mol. The van der Waals surface area contributed by atoms with Gasteiger partial charge in [0.2, 0.25) is 0 Å². The summed E-state index contributed by atoms with van der Waals surface area (Å²) < 4.78 is 1.86. The fourth-order valence-electron chi connectivity index (χ4n) is 5.35. The standard InChI is InChI=1S/C25H26N2OS/c1-17-10-4-7-13-20(17)27-23(28)21-22(26-24(27)29-2)19-12-6-5-11-18(19)16-25(21)14-8-3-9-15-25/h4-7,10-13H,3,8-9,14-16H2,1-2H3. The second-order valence-electron chi connectivity index (χ2n) is 8.42. The number of fused-ring (bicyclic) bond motifs is 4. The first kappa shape index (κ1) is 18.7. The van der Waals surface area contributed by atoms with Crippen LogP contribution in [0.15, 0.2) is 58.5 Å². The molecule has 29 heavy (non-hydrogen) atoms. The number of hydrogen-bond acceptors (Lipinski definition) is 3. The molecule has 148 valence electrons. The summed E-state index contributed by atoms with van der Waals surface area (Å²) in [6.45, 7) is 2.07. The number of aryl methyl sites for hydroxylation is 1. The van der Waals surface area contributed by atoms with Gasteiger partial charge in [-0.2, -0.15) is 0 Å². The van der Waals surface area contributed by atoms with Crippen LogP contribution >= 0.6 is 11.8 Å². The topological polar surface area (TPSA) is 34.9 Å². The van der Waals surface area contributed by atoms with Crippen molar-refractivity contribution in [2.75, 3.05) is 6.26 Å². The molecule has 1 saturated carbocycles. The number of nitrogens with zero attached hydrogens (tertiary/aromatic N) is 2. The van der Waals surface area contributed by atoms with Crippen LogP contribution in [0, 0.1) is 6.92 Å². The number of rotatable bonds is 2. The molecule has 1 heterocycles. The van der Waals surface area contributed by atoms with Gasteiger partial charge >= 0.3 is 0 Å². The number of para-hydroxylation sites is 1. The zero-order chi connectivity index (χ0) is 20.0. The van der Waals surface area contributed by atoms with Crippen LogP contribution in [0.2, 0.25) is 0 Å². The number of aromatic nitrogens is 2. The third kappa shape index (κ3) is 2.88. The average Bonchev–Trinajstić information content (AvgIpc) is 2.74. The Labute approximate surface area is 176 Å². The molecule has 0 N–H and O–H groups in total. The lowest BCUT2D eigenvalue weighted by Gasteiger charge is -2.42. The molecule has 2 aliphatic rings. The highest BCUT2D eigenvalue weighted by Gasteiger charge is 2.43. The minimum absolute atomic E-state index is 0.0760. The molecule has 5 rings (SSSR count). The van der Waals surface area contributed by atoms with E-state index in [0.717, 1.165) is 52.5 Å². The Kier molecular flexibility index (Phi) is 4.62. The molecule has 1 fully saturated rings. The molecule has 3 nitrogen and oxygen atoms in total. The van der Waals surface area contributed by atoms with Crippen molar-refractivity contribution in [1.29, 1.82) is 0 Å². The second kappa shape index (κ2) is 7.17. The van der Waals surface area contributed by atoms with Crippen LogP contribution < -0.4 is 5.56 Å². The molecule has 0 aliphatic heterocycles. The van der Waals surface area contributed by atoms with E-state index in [0.29, 0.717) is 0 Å². The highest BCUT2D eigenvalue weighted by atomic mass is 32.2. The van der Waals surface area contributed by atoms with Crippen molar-refractivity contribution in [2.24, 2.45) is 0 Å². The monoisotopic (exact) mass is 402 g/mol. The first-order valence-corrected chi connectivity index (χ1v) is 11.7. The van der Waals surface area contributed by atoms with E-state index in [4.69, 9.17) is 4.98 Å². The van der Waals surface area contributed by atoms with Gasteiger partial charge in [0.1, 0.15) is 0 Å². The summed E-state index contributed by atoms with van der Waals surface area (Å²) >= 11 is 1.55. The summed E-state index contributed by atoms with van der Waals surface area (Å²) in [6.07, 6.45) is 8.77. The van der Waals surface area contributed by atoms with Crippen LogP contribution in [-0.4, -0.2) is 15.8 Å². The van der Waals surface area contributed by atoms with E-state index in [9.17, 15) is 4.79 Å². The zero-order valence-electron chi connectivity index (χ0n) is 17.1. The van der Waals surface area contributed by atoms with Crippen molar-refractivity contribution in [3.05, 3.63) is 75.6 Å². The molecule has 3 aromatic rings. The Hall–Kier alpha value is -2.33. The van der Waals surface area contributed by atoms with E-state index in [2.05, 4.69) is 37.3 Å². The summed E-state index contributed by atoms with van der Waals surface area (Å²) in [5.41, 5.74) is 6.46. The van der Waals surface area contributed by atoms with Crippen LogP contribution in [0.4, 0.5) is 0 Å². The largest absolute Gasteiger partial charge is 0.268 e. The van der Waals surface area contributed by atoms with Gasteiger partial charge < -0.3 is 0 Å². The minimum atomic E-state index is -0.0760. The molecule has 0 radical (unpaired) electrons. The molecule has 2 aromatic carbocycles. The maximum absolute atomic E-state index is 14.1. The third-order valence-corrected chi connectivity index (χ3v) is 7.37. The van der Waals surface area contributed by atoms with Gasteiger partial charge in [-0.1, -0.05) is 73.5 Å². The van der Waals surface area contributed by atoms with Gasteiger partial charge in [-0.15, -0.1) is 0 Å². The minimum Gasteiger partial charge on any atom is -0.268 e. The molecule has 0 unspecified atom stereocenters. The van der Waals surface area contributed by atoms with Crippen molar-refractivity contribution >= 4 is 11.8 Å². The molecule has 1 aromatic heterocycles. The molecule has 0 amide bonds. The van der Waals surface area contributed by atoms with Gasteiger partial charge in [-0.25, -0.2) is 4.98 Å². The lowest BCUT2D eigenvalue weighted by molar-refractivity contribution is 0.283. The lowest BCUT2D eigenvalue weighted by atomic mass is 9.62. The molecular formula is C25H26N2OS. The summed E-state index contributed by atoms with van der Waals surface area (Å²) in [5.74, 6) is 0. The molecule has 0 saturated heterocycles. The second-order valence-corrected chi connectivity index (χ2v) is 9.20. The summed E-state index contributed by atoms with van der Waals surface area (Å²) in [6, 6.07) is 16.7. The Bertz CT molecular complexity index is 1140. The average molecular weight is 403 g/mol. The van der Waals surface area contributed by atoms with Gasteiger partial charge in [0.25, 0.3) is 5.56 Å². The predicted octanol–water partition coefficient (Wildman–Crippen LogP) is 5.69. The van der Waals surface area contributed by atoms with Gasteiger partial charge in [0.05, 0.1) is 16.9 Å². The van der Waals surface area contributed by atoms with Crippen LogP contribution in [0.3, 0.4) is 0 Å². The molecule has 2 aliphatic carbocycles. The summed E-state index contributed by atoms with van der Waals surface area (Å²) in [5, 5.41) is 0.769. The van der Waals surface area contributed by atoms with Crippen molar-refractivity contribution in [2.45, 2.75) is 56.0 Å². The van der Waals surface area contributed by atoms with Crippen molar-refractivity contribution in [1.82, 2.24) is 9.55 Å². The normalized spacial score (nSPS) is 17.0. The van der Waals surface area contributed by atoms with Crippen LogP contribution in [0.5, 0.6) is 0 Å². The number of hydrogen-bond donors (Lipinski definition) is 0.